The van der Waals surface area contributed by atoms with E-state index in [0.29, 0.717) is 13.2 Å². The van der Waals surface area contributed by atoms with Crippen LogP contribution in [-0.4, -0.2) is 49.6 Å². The summed E-state index contributed by atoms with van der Waals surface area (Å²) < 4.78 is 11.6. The van der Waals surface area contributed by atoms with Crippen LogP contribution in [0, 0.1) is 5.41 Å². The Labute approximate surface area is 186 Å². The maximum absolute atomic E-state index is 9.39. The van der Waals surface area contributed by atoms with Gasteiger partial charge in [0.05, 0.1) is 13.2 Å². The average molecular weight is 505 g/mol. The molecule has 1 unspecified atom stereocenters. The van der Waals surface area contributed by atoms with Gasteiger partial charge in [0.1, 0.15) is 11.4 Å². The summed E-state index contributed by atoms with van der Waals surface area (Å²) in [7, 11) is 0. The first-order chi connectivity index (χ1) is 12.9. The van der Waals surface area contributed by atoms with Crippen molar-refractivity contribution in [2.24, 2.45) is 10.4 Å². The Balaban J connectivity index is 0.00000392. The predicted molar refractivity (Wildman–Crippen MR) is 125 cm³/mol. The lowest BCUT2D eigenvalue weighted by Crippen LogP contribution is -2.44. The topological polar surface area (TPSA) is 75.1 Å². The van der Waals surface area contributed by atoms with Gasteiger partial charge in [0.15, 0.2) is 5.96 Å². The first-order valence-electron chi connectivity index (χ1n) is 9.85. The van der Waals surface area contributed by atoms with Gasteiger partial charge in [0.2, 0.25) is 0 Å². The molecule has 0 radical (unpaired) electrons. The normalized spacial score (nSPS) is 19.8. The zero-order valence-corrected chi connectivity index (χ0v) is 19.9. The molecule has 1 heterocycles. The van der Waals surface area contributed by atoms with Gasteiger partial charge in [-0.2, -0.15) is 0 Å². The summed E-state index contributed by atoms with van der Waals surface area (Å²) in [6, 6.07) is 8.03. The Morgan fingerprint density at radius 2 is 2.04 bits per heavy atom. The first kappa shape index (κ1) is 25.0. The van der Waals surface area contributed by atoms with E-state index >= 15 is 0 Å². The third-order valence-electron chi connectivity index (χ3n) is 4.60. The molecule has 1 aromatic carbocycles. The Bertz CT molecular complexity index is 611. The van der Waals surface area contributed by atoms with Crippen molar-refractivity contribution in [3.63, 3.8) is 0 Å². The van der Waals surface area contributed by atoms with Gasteiger partial charge in [-0.15, -0.1) is 24.0 Å². The number of hydrogen-bond acceptors (Lipinski definition) is 4. The van der Waals surface area contributed by atoms with Crippen LogP contribution in [0.15, 0.2) is 29.3 Å². The maximum atomic E-state index is 9.39. The lowest BCUT2D eigenvalue weighted by molar-refractivity contribution is 0.127. The molecule has 28 heavy (non-hydrogen) atoms. The van der Waals surface area contributed by atoms with E-state index in [1.807, 2.05) is 45.0 Å². The highest BCUT2D eigenvalue weighted by Gasteiger charge is 2.34. The zero-order chi connectivity index (χ0) is 19.8. The molecule has 6 nitrogen and oxygen atoms in total. The van der Waals surface area contributed by atoms with Gasteiger partial charge >= 0.3 is 0 Å². The summed E-state index contributed by atoms with van der Waals surface area (Å²) in [6.45, 7) is 11.9. The number of nitrogens with one attached hydrogen (secondary N) is 2. The monoisotopic (exact) mass is 505 g/mol. The van der Waals surface area contributed by atoms with Gasteiger partial charge in [-0.1, -0.05) is 18.2 Å². The minimum Gasteiger partial charge on any atom is -0.488 e. The molecule has 1 saturated heterocycles. The van der Waals surface area contributed by atoms with Crippen molar-refractivity contribution in [3.05, 3.63) is 29.8 Å². The molecule has 1 aliphatic rings. The molecule has 1 aliphatic heterocycles. The molecule has 0 spiro atoms. The number of aliphatic hydroxyl groups excluding tert-OH is 1. The fraction of sp³-hybridized carbons (Fsp3) is 0.667. The quantitative estimate of drug-likeness (QED) is 0.287. The predicted octanol–water partition coefficient (Wildman–Crippen LogP) is 3.33. The molecule has 0 aliphatic carbocycles. The van der Waals surface area contributed by atoms with E-state index in [4.69, 9.17) is 14.5 Å². The largest absolute Gasteiger partial charge is 0.488 e. The molecule has 0 bridgehead atoms. The molecule has 0 amide bonds. The molecular formula is C21H36IN3O3. The summed E-state index contributed by atoms with van der Waals surface area (Å²) in [6.07, 6.45) is 1.70. The van der Waals surface area contributed by atoms with Crippen molar-refractivity contribution < 1.29 is 14.6 Å². The van der Waals surface area contributed by atoms with Gasteiger partial charge < -0.3 is 25.2 Å². The highest BCUT2D eigenvalue weighted by Crippen LogP contribution is 2.31. The van der Waals surface area contributed by atoms with E-state index in [1.54, 1.807) is 0 Å². The number of nitrogens with zero attached hydrogens (tertiary/aromatic N) is 1. The van der Waals surface area contributed by atoms with Crippen LogP contribution >= 0.6 is 24.0 Å². The van der Waals surface area contributed by atoms with Crippen molar-refractivity contribution in [1.29, 1.82) is 0 Å². The van der Waals surface area contributed by atoms with E-state index < -0.39 is 0 Å². The smallest absolute Gasteiger partial charge is 0.191 e. The summed E-state index contributed by atoms with van der Waals surface area (Å²) in [5.74, 6) is 1.64. The van der Waals surface area contributed by atoms with Crippen LogP contribution in [0.3, 0.4) is 0 Å². The Kier molecular flexibility index (Phi) is 10.5. The Morgan fingerprint density at radius 3 is 2.64 bits per heavy atom. The fourth-order valence-corrected chi connectivity index (χ4v) is 3.15. The van der Waals surface area contributed by atoms with E-state index in [0.717, 1.165) is 49.8 Å². The highest BCUT2D eigenvalue weighted by molar-refractivity contribution is 14.0. The Morgan fingerprint density at radius 1 is 1.29 bits per heavy atom. The molecule has 1 atom stereocenters. The second-order valence-corrected chi connectivity index (χ2v) is 8.15. The number of benzene rings is 1. The lowest BCUT2D eigenvalue weighted by Gasteiger charge is -2.27. The highest BCUT2D eigenvalue weighted by atomic mass is 127. The second-order valence-electron chi connectivity index (χ2n) is 8.15. The van der Waals surface area contributed by atoms with E-state index in [1.165, 1.54) is 0 Å². The van der Waals surface area contributed by atoms with Crippen molar-refractivity contribution >= 4 is 29.9 Å². The van der Waals surface area contributed by atoms with Gasteiger partial charge in [-0.25, -0.2) is 4.99 Å². The van der Waals surface area contributed by atoms with Crippen LogP contribution in [0.5, 0.6) is 5.75 Å². The summed E-state index contributed by atoms with van der Waals surface area (Å²) in [5.41, 5.74) is 0.791. The number of guanidine groups is 1. The number of halogens is 1. The summed E-state index contributed by atoms with van der Waals surface area (Å²) in [4.78, 5) is 4.74. The molecular weight excluding hydrogens is 469 g/mol. The second kappa shape index (κ2) is 11.8. The van der Waals surface area contributed by atoms with Crippen molar-refractivity contribution in [1.82, 2.24) is 10.6 Å². The molecule has 0 saturated carbocycles. The van der Waals surface area contributed by atoms with Crippen LogP contribution in [0.4, 0.5) is 0 Å². The standard InChI is InChI=1S/C21H35N3O3.HI/c1-5-22-19(24-15-21(10-12-25)11-13-26-16-21)23-14-17-8-6-7-9-18(17)27-20(2,3)4;/h6-9,25H,5,10-16H2,1-4H3,(H2,22,23,24);1H. The van der Waals surface area contributed by atoms with E-state index in [2.05, 4.69) is 17.6 Å². The van der Waals surface area contributed by atoms with Crippen molar-refractivity contribution in [2.75, 3.05) is 32.9 Å². The van der Waals surface area contributed by atoms with E-state index in [9.17, 15) is 5.11 Å². The molecule has 1 fully saturated rings. The molecule has 2 rings (SSSR count). The zero-order valence-electron chi connectivity index (χ0n) is 17.6. The molecule has 3 N–H and O–H groups in total. The van der Waals surface area contributed by atoms with Crippen LogP contribution in [0.1, 0.15) is 46.1 Å². The first-order valence-corrected chi connectivity index (χ1v) is 9.85. The fourth-order valence-electron chi connectivity index (χ4n) is 3.15. The number of aliphatic imine (C=N–C) groups is 1. The third kappa shape index (κ3) is 8.13. The van der Waals surface area contributed by atoms with Gasteiger partial charge in [-0.05, 0) is 46.6 Å². The van der Waals surface area contributed by atoms with Crippen molar-refractivity contribution in [2.45, 2.75) is 52.7 Å². The number of ether oxygens (including phenoxy) is 2. The van der Waals surface area contributed by atoms with Crippen LogP contribution in [-0.2, 0) is 11.3 Å². The molecule has 1 aromatic rings. The third-order valence-corrected chi connectivity index (χ3v) is 4.60. The van der Waals surface area contributed by atoms with E-state index in [-0.39, 0.29) is 41.6 Å². The number of hydrogen-bond donors (Lipinski definition) is 3. The molecule has 160 valence electrons. The van der Waals surface area contributed by atoms with Gasteiger partial charge in [0.25, 0.3) is 0 Å². The average Bonchev–Trinajstić information content (AvgIpc) is 3.06. The van der Waals surface area contributed by atoms with Crippen molar-refractivity contribution in [3.8, 4) is 5.75 Å². The SMILES string of the molecule is CCNC(=NCc1ccccc1OC(C)(C)C)NCC1(CCO)CCOC1.I. The van der Waals surface area contributed by atoms with Gasteiger partial charge in [-0.3, -0.25) is 0 Å². The minimum atomic E-state index is -0.248. The summed E-state index contributed by atoms with van der Waals surface area (Å²) >= 11 is 0. The lowest BCUT2D eigenvalue weighted by atomic mass is 9.84. The minimum absolute atomic E-state index is 0. The molecule has 0 aromatic heterocycles. The maximum Gasteiger partial charge on any atom is 0.191 e. The van der Waals surface area contributed by atoms with Crippen LogP contribution in [0.25, 0.3) is 0 Å². The summed E-state index contributed by atoms with van der Waals surface area (Å²) in [5, 5.41) is 16.1. The van der Waals surface area contributed by atoms with Crippen LogP contribution in [0.2, 0.25) is 0 Å². The Hall–Kier alpha value is -1.06. The van der Waals surface area contributed by atoms with Crippen LogP contribution < -0.4 is 15.4 Å². The van der Waals surface area contributed by atoms with Gasteiger partial charge in [0, 0.05) is 37.3 Å². The number of aliphatic hydroxyl groups is 1. The number of rotatable bonds is 8. The number of para-hydroxylation sites is 1. The molecule has 7 heteroatoms.